The van der Waals surface area contributed by atoms with Crippen molar-refractivity contribution in [1.29, 1.82) is 0 Å². The van der Waals surface area contributed by atoms with Crippen LogP contribution in [0.1, 0.15) is 25.7 Å². The lowest BCUT2D eigenvalue weighted by atomic mass is 9.80. The molecule has 9 heteroatoms. The molecule has 1 rings (SSSR count). The van der Waals surface area contributed by atoms with Crippen molar-refractivity contribution in [2.75, 3.05) is 13.2 Å². The number of aliphatic hydroxyl groups is 2. The highest BCUT2D eigenvalue weighted by Gasteiger charge is 2.52. The molecule has 0 radical (unpaired) electrons. The Balaban J connectivity index is 2.56. The van der Waals surface area contributed by atoms with E-state index in [0.717, 1.165) is 19.3 Å². The zero-order valence-electron chi connectivity index (χ0n) is 10.2. The van der Waals surface area contributed by atoms with Gasteiger partial charge in [-0.05, 0) is 24.7 Å². The van der Waals surface area contributed by atoms with Gasteiger partial charge in [0.25, 0.3) is 0 Å². The minimum absolute atomic E-state index is 0.111. The first kappa shape index (κ1) is 16.7. The smallest absolute Gasteiger partial charge is 0.396 e. The van der Waals surface area contributed by atoms with Crippen LogP contribution in [-0.2, 0) is 14.9 Å². The van der Waals surface area contributed by atoms with Crippen LogP contribution >= 0.6 is 0 Å². The van der Waals surface area contributed by atoms with Crippen LogP contribution in [-0.4, -0.2) is 47.9 Å². The Labute approximate surface area is 110 Å². The lowest BCUT2D eigenvalue weighted by Gasteiger charge is -2.31. The SMILES string of the molecule is O=S(=O)(O)C(F)(F)C(O)OCC1CCCCC1CO. The molecule has 1 saturated carbocycles. The number of alkyl halides is 2. The summed E-state index contributed by atoms with van der Waals surface area (Å²) in [5, 5.41) is 13.4. The fourth-order valence-corrected chi connectivity index (χ4v) is 2.51. The van der Waals surface area contributed by atoms with Gasteiger partial charge in [-0.15, -0.1) is 0 Å². The Morgan fingerprint density at radius 1 is 1.26 bits per heavy atom. The summed E-state index contributed by atoms with van der Waals surface area (Å²) in [7, 11) is -5.73. The summed E-state index contributed by atoms with van der Waals surface area (Å²) < 4.78 is 59.5. The van der Waals surface area contributed by atoms with Gasteiger partial charge in [0.05, 0.1) is 6.61 Å². The second-order valence-electron chi connectivity index (χ2n) is 4.71. The van der Waals surface area contributed by atoms with Crippen LogP contribution in [0.25, 0.3) is 0 Å². The Morgan fingerprint density at radius 2 is 1.79 bits per heavy atom. The molecule has 3 atom stereocenters. The molecular formula is C10H18F2O6S. The van der Waals surface area contributed by atoms with Crippen molar-refractivity contribution in [3.63, 3.8) is 0 Å². The maximum atomic E-state index is 13.0. The molecule has 0 aromatic rings. The van der Waals surface area contributed by atoms with E-state index in [0.29, 0.717) is 6.42 Å². The monoisotopic (exact) mass is 304 g/mol. The Kier molecular flexibility index (Phi) is 5.63. The Bertz CT molecular complexity index is 385. The molecule has 1 aliphatic carbocycles. The summed E-state index contributed by atoms with van der Waals surface area (Å²) >= 11 is 0. The van der Waals surface area contributed by atoms with Crippen molar-refractivity contribution >= 4 is 10.1 Å². The van der Waals surface area contributed by atoms with E-state index < -0.39 is 21.7 Å². The van der Waals surface area contributed by atoms with Crippen LogP contribution in [0.5, 0.6) is 0 Å². The van der Waals surface area contributed by atoms with Gasteiger partial charge in [-0.25, -0.2) is 0 Å². The van der Waals surface area contributed by atoms with Crippen molar-refractivity contribution in [2.24, 2.45) is 11.8 Å². The summed E-state index contributed by atoms with van der Waals surface area (Å²) in [5.74, 6) is -0.328. The van der Waals surface area contributed by atoms with Crippen molar-refractivity contribution < 1.29 is 36.7 Å². The van der Waals surface area contributed by atoms with Crippen LogP contribution in [0, 0.1) is 11.8 Å². The molecule has 0 aromatic heterocycles. The number of aliphatic hydroxyl groups excluding tert-OH is 2. The average molecular weight is 304 g/mol. The van der Waals surface area contributed by atoms with Gasteiger partial charge in [0.2, 0.25) is 6.29 Å². The van der Waals surface area contributed by atoms with Gasteiger partial charge >= 0.3 is 15.4 Å². The average Bonchev–Trinajstić information content (AvgIpc) is 2.34. The first-order valence-electron chi connectivity index (χ1n) is 5.95. The van der Waals surface area contributed by atoms with E-state index >= 15 is 0 Å². The predicted molar refractivity (Wildman–Crippen MR) is 61.0 cm³/mol. The van der Waals surface area contributed by atoms with E-state index in [1.807, 2.05) is 0 Å². The molecule has 0 amide bonds. The molecule has 0 saturated heterocycles. The third-order valence-electron chi connectivity index (χ3n) is 3.40. The number of hydrogen-bond donors (Lipinski definition) is 3. The molecule has 0 bridgehead atoms. The number of hydrogen-bond acceptors (Lipinski definition) is 5. The van der Waals surface area contributed by atoms with Crippen molar-refractivity contribution in [3.05, 3.63) is 0 Å². The highest BCUT2D eigenvalue weighted by Crippen LogP contribution is 2.32. The lowest BCUT2D eigenvalue weighted by Crippen LogP contribution is -2.44. The quantitative estimate of drug-likeness (QED) is 0.490. The Morgan fingerprint density at radius 3 is 2.26 bits per heavy atom. The fourth-order valence-electron chi connectivity index (χ4n) is 2.18. The van der Waals surface area contributed by atoms with E-state index in [-0.39, 0.29) is 25.0 Å². The van der Waals surface area contributed by atoms with Gasteiger partial charge in [0.1, 0.15) is 0 Å². The topological polar surface area (TPSA) is 104 Å². The maximum absolute atomic E-state index is 13.0. The van der Waals surface area contributed by atoms with Crippen molar-refractivity contribution in [1.82, 2.24) is 0 Å². The van der Waals surface area contributed by atoms with Crippen molar-refractivity contribution in [2.45, 2.75) is 37.2 Å². The molecule has 3 unspecified atom stereocenters. The summed E-state index contributed by atoms with van der Waals surface area (Å²) in [4.78, 5) is 0. The summed E-state index contributed by atoms with van der Waals surface area (Å²) in [6.45, 7) is -0.406. The predicted octanol–water partition coefficient (Wildman–Crippen LogP) is 0.601. The molecule has 3 N–H and O–H groups in total. The minimum atomic E-state index is -5.73. The van der Waals surface area contributed by atoms with Gasteiger partial charge in [-0.3, -0.25) is 4.55 Å². The van der Waals surface area contributed by atoms with Crippen LogP contribution in [0.3, 0.4) is 0 Å². The zero-order chi connectivity index (χ0) is 14.7. The van der Waals surface area contributed by atoms with E-state index in [4.69, 9.17) is 14.8 Å². The molecule has 6 nitrogen and oxygen atoms in total. The molecule has 1 fully saturated rings. The molecule has 114 valence electrons. The van der Waals surface area contributed by atoms with Crippen LogP contribution in [0.4, 0.5) is 8.78 Å². The minimum Gasteiger partial charge on any atom is -0.396 e. The van der Waals surface area contributed by atoms with E-state index in [1.165, 1.54) is 0 Å². The summed E-state index contributed by atoms with van der Waals surface area (Å²) in [5.41, 5.74) is 0. The van der Waals surface area contributed by atoms with Gasteiger partial charge in [-0.2, -0.15) is 17.2 Å². The van der Waals surface area contributed by atoms with Gasteiger partial charge in [0, 0.05) is 6.61 Å². The highest BCUT2D eigenvalue weighted by molar-refractivity contribution is 7.86. The molecule has 0 heterocycles. The summed E-state index contributed by atoms with van der Waals surface area (Å²) in [6, 6.07) is 0. The lowest BCUT2D eigenvalue weighted by molar-refractivity contribution is -0.206. The van der Waals surface area contributed by atoms with Gasteiger partial charge in [0.15, 0.2) is 0 Å². The van der Waals surface area contributed by atoms with E-state index in [2.05, 4.69) is 4.74 Å². The largest absolute Gasteiger partial charge is 0.418 e. The standard InChI is InChI=1S/C10H18F2O6S/c11-10(12,19(15,16)17)9(14)18-6-8-4-2-1-3-7(8)5-13/h7-9,13-14H,1-6H2,(H,15,16,17). The highest BCUT2D eigenvalue weighted by atomic mass is 32.2. The van der Waals surface area contributed by atoms with Gasteiger partial charge < -0.3 is 14.9 Å². The van der Waals surface area contributed by atoms with Gasteiger partial charge in [-0.1, -0.05) is 12.8 Å². The molecule has 0 aromatic carbocycles. The maximum Gasteiger partial charge on any atom is 0.418 e. The van der Waals surface area contributed by atoms with Crippen LogP contribution < -0.4 is 0 Å². The second kappa shape index (κ2) is 6.40. The third kappa shape index (κ3) is 4.06. The van der Waals surface area contributed by atoms with Crippen LogP contribution in [0.15, 0.2) is 0 Å². The van der Waals surface area contributed by atoms with Crippen LogP contribution in [0.2, 0.25) is 0 Å². The second-order valence-corrected chi connectivity index (χ2v) is 6.20. The fraction of sp³-hybridized carbons (Fsp3) is 1.00. The molecule has 0 spiro atoms. The Hall–Kier alpha value is -0.350. The zero-order valence-corrected chi connectivity index (χ0v) is 11.0. The third-order valence-corrected chi connectivity index (χ3v) is 4.29. The van der Waals surface area contributed by atoms with E-state index in [1.54, 1.807) is 0 Å². The molecule has 0 aliphatic heterocycles. The first-order valence-corrected chi connectivity index (χ1v) is 7.39. The normalized spacial score (nSPS) is 27.2. The summed E-state index contributed by atoms with van der Waals surface area (Å²) in [6.07, 6.45) is 0.231. The van der Waals surface area contributed by atoms with E-state index in [9.17, 15) is 17.2 Å². The van der Waals surface area contributed by atoms with Crippen molar-refractivity contribution in [3.8, 4) is 0 Å². The number of ether oxygens (including phenoxy) is 1. The first-order chi connectivity index (χ1) is 8.70. The molecule has 1 aliphatic rings. The number of rotatable bonds is 6. The molecular weight excluding hydrogens is 286 g/mol. The molecule has 19 heavy (non-hydrogen) atoms. The number of halogens is 2.